The Balaban J connectivity index is 2.39. The minimum Gasteiger partial charge on any atom is -0.394 e. The third kappa shape index (κ3) is 3.11. The van der Waals surface area contributed by atoms with Crippen molar-refractivity contribution >= 4 is 11.6 Å². The zero-order chi connectivity index (χ0) is 15.6. The largest absolute Gasteiger partial charge is 0.416 e. The van der Waals surface area contributed by atoms with Crippen molar-refractivity contribution in [2.24, 2.45) is 5.84 Å². The van der Waals surface area contributed by atoms with Crippen LogP contribution in [0.25, 0.3) is 0 Å². The van der Waals surface area contributed by atoms with E-state index in [1.54, 1.807) is 0 Å². The molecule has 0 aromatic heterocycles. The van der Waals surface area contributed by atoms with Crippen LogP contribution in [0.1, 0.15) is 28.8 Å². The number of rotatable bonds is 3. The highest BCUT2D eigenvalue weighted by Crippen LogP contribution is 2.33. The van der Waals surface area contributed by atoms with Gasteiger partial charge in [-0.3, -0.25) is 10.6 Å². The quantitative estimate of drug-likeness (QED) is 0.585. The molecule has 4 N–H and O–H groups in total. The number of carbonyl (C=O) groups is 1. The zero-order valence-electron chi connectivity index (χ0n) is 11.2. The first-order chi connectivity index (χ1) is 9.88. The highest BCUT2D eigenvalue weighted by molar-refractivity contribution is 6.00. The number of aliphatic hydroxyl groups is 1. The fraction of sp³-hybridized carbons (Fsp3) is 0.462. The lowest BCUT2D eigenvalue weighted by Gasteiger charge is -2.24. The summed E-state index contributed by atoms with van der Waals surface area (Å²) in [4.78, 5) is 13.8. The van der Waals surface area contributed by atoms with E-state index in [2.05, 4.69) is 5.43 Å². The number of nitrogen functional groups attached to an aromatic ring is 1. The van der Waals surface area contributed by atoms with E-state index in [1.807, 2.05) is 0 Å². The minimum atomic E-state index is -4.54. The average Bonchev–Trinajstić information content (AvgIpc) is 2.93. The molecule has 2 rings (SSSR count). The van der Waals surface area contributed by atoms with Gasteiger partial charge in [0.15, 0.2) is 0 Å². The molecule has 116 valence electrons. The topological polar surface area (TPSA) is 78.6 Å². The SMILES string of the molecule is NNc1ccc(C(F)(F)F)cc1C(=O)N1CCCC1CO. The monoisotopic (exact) mass is 303 g/mol. The summed E-state index contributed by atoms with van der Waals surface area (Å²) < 4.78 is 38.3. The predicted molar refractivity (Wildman–Crippen MR) is 70.4 cm³/mol. The number of halogens is 3. The Morgan fingerprint density at radius 1 is 1.48 bits per heavy atom. The number of anilines is 1. The summed E-state index contributed by atoms with van der Waals surface area (Å²) in [5.41, 5.74) is 1.30. The lowest BCUT2D eigenvalue weighted by atomic mass is 10.1. The van der Waals surface area contributed by atoms with Crippen LogP contribution in [0.2, 0.25) is 0 Å². The molecule has 1 aromatic rings. The van der Waals surface area contributed by atoms with Crippen molar-refractivity contribution in [2.45, 2.75) is 25.1 Å². The number of nitrogens with two attached hydrogens (primary N) is 1. The number of nitrogens with zero attached hydrogens (tertiary/aromatic N) is 1. The van der Waals surface area contributed by atoms with Gasteiger partial charge >= 0.3 is 6.18 Å². The average molecular weight is 303 g/mol. The molecular weight excluding hydrogens is 287 g/mol. The molecule has 1 fully saturated rings. The molecule has 0 spiro atoms. The molecule has 1 saturated heterocycles. The molecule has 1 amide bonds. The summed E-state index contributed by atoms with van der Waals surface area (Å²) in [5, 5.41) is 9.23. The molecule has 1 aliphatic rings. The van der Waals surface area contributed by atoms with Crippen molar-refractivity contribution in [3.63, 3.8) is 0 Å². The highest BCUT2D eigenvalue weighted by Gasteiger charge is 2.34. The summed E-state index contributed by atoms with van der Waals surface area (Å²) in [5.74, 6) is 4.70. The second kappa shape index (κ2) is 5.90. The molecule has 0 radical (unpaired) electrons. The first-order valence-corrected chi connectivity index (χ1v) is 6.48. The van der Waals surface area contributed by atoms with E-state index in [-0.39, 0.29) is 23.9 Å². The fourth-order valence-electron chi connectivity index (χ4n) is 2.47. The number of carbonyl (C=O) groups excluding carboxylic acids is 1. The van der Waals surface area contributed by atoms with Gasteiger partial charge in [-0.1, -0.05) is 0 Å². The Morgan fingerprint density at radius 2 is 2.19 bits per heavy atom. The number of likely N-dealkylation sites (tertiary alicyclic amines) is 1. The van der Waals surface area contributed by atoms with Crippen LogP contribution >= 0.6 is 0 Å². The number of benzene rings is 1. The molecule has 8 heteroatoms. The number of alkyl halides is 3. The van der Waals surface area contributed by atoms with Gasteiger partial charge in [0, 0.05) is 6.54 Å². The van der Waals surface area contributed by atoms with E-state index in [4.69, 9.17) is 5.84 Å². The van der Waals surface area contributed by atoms with Crippen molar-refractivity contribution in [3.05, 3.63) is 29.3 Å². The number of hydrogen-bond donors (Lipinski definition) is 3. The first kappa shape index (κ1) is 15.6. The third-order valence-electron chi connectivity index (χ3n) is 3.58. The summed E-state index contributed by atoms with van der Waals surface area (Å²) in [6.07, 6.45) is -3.20. The van der Waals surface area contributed by atoms with Crippen molar-refractivity contribution in [3.8, 4) is 0 Å². The maximum atomic E-state index is 12.8. The van der Waals surface area contributed by atoms with Gasteiger partial charge in [0.25, 0.3) is 5.91 Å². The molecule has 0 saturated carbocycles. The lowest BCUT2D eigenvalue weighted by Crippen LogP contribution is -2.38. The van der Waals surface area contributed by atoms with Gasteiger partial charge in [-0.05, 0) is 31.0 Å². The Morgan fingerprint density at radius 3 is 2.76 bits per heavy atom. The summed E-state index contributed by atoms with van der Waals surface area (Å²) in [7, 11) is 0. The second-order valence-electron chi connectivity index (χ2n) is 4.88. The van der Waals surface area contributed by atoms with Gasteiger partial charge in [-0.25, -0.2) is 0 Å². The predicted octanol–water partition coefficient (Wildman–Crippen LogP) is 1.59. The smallest absolute Gasteiger partial charge is 0.394 e. The van der Waals surface area contributed by atoms with E-state index in [9.17, 15) is 23.1 Å². The van der Waals surface area contributed by atoms with Gasteiger partial charge in [0.1, 0.15) is 0 Å². The second-order valence-corrected chi connectivity index (χ2v) is 4.88. The Bertz CT molecular complexity index is 534. The van der Waals surface area contributed by atoms with E-state index in [1.165, 1.54) is 4.90 Å². The van der Waals surface area contributed by atoms with Crippen molar-refractivity contribution in [2.75, 3.05) is 18.6 Å². The Labute approximate surface area is 119 Å². The van der Waals surface area contributed by atoms with Crippen LogP contribution < -0.4 is 11.3 Å². The summed E-state index contributed by atoms with van der Waals surface area (Å²) in [6, 6.07) is 2.40. The van der Waals surface area contributed by atoms with E-state index in [0.717, 1.165) is 18.2 Å². The van der Waals surface area contributed by atoms with Crippen LogP contribution in [0, 0.1) is 0 Å². The molecule has 1 aliphatic heterocycles. The standard InChI is InChI=1S/C13H16F3N3O2/c14-13(15,16)8-3-4-11(18-17)10(6-8)12(21)19-5-1-2-9(19)7-20/h3-4,6,9,18,20H,1-2,5,7,17H2. The molecule has 1 atom stereocenters. The molecule has 1 unspecified atom stereocenters. The first-order valence-electron chi connectivity index (χ1n) is 6.48. The molecular formula is C13H16F3N3O2. The van der Waals surface area contributed by atoms with Crippen molar-refractivity contribution in [1.82, 2.24) is 4.90 Å². The molecule has 1 aromatic carbocycles. The van der Waals surface area contributed by atoms with Crippen LogP contribution in [0.5, 0.6) is 0 Å². The number of amides is 1. The molecule has 5 nitrogen and oxygen atoms in total. The zero-order valence-corrected chi connectivity index (χ0v) is 11.2. The van der Waals surface area contributed by atoms with Crippen molar-refractivity contribution in [1.29, 1.82) is 0 Å². The van der Waals surface area contributed by atoms with Gasteiger partial charge in [-0.15, -0.1) is 0 Å². The Hall–Kier alpha value is -1.80. The number of hydrazine groups is 1. The van der Waals surface area contributed by atoms with Crippen LogP contribution in [0.3, 0.4) is 0 Å². The van der Waals surface area contributed by atoms with Crippen LogP contribution in [-0.2, 0) is 6.18 Å². The molecule has 1 heterocycles. The maximum Gasteiger partial charge on any atom is 0.416 e. The molecule has 0 aliphatic carbocycles. The minimum absolute atomic E-state index is 0.122. The van der Waals surface area contributed by atoms with E-state index in [0.29, 0.717) is 19.4 Å². The van der Waals surface area contributed by atoms with Gasteiger partial charge < -0.3 is 15.4 Å². The summed E-state index contributed by atoms with van der Waals surface area (Å²) >= 11 is 0. The molecule has 0 bridgehead atoms. The number of nitrogens with one attached hydrogen (secondary N) is 1. The van der Waals surface area contributed by atoms with Crippen LogP contribution in [0.15, 0.2) is 18.2 Å². The Kier molecular flexibility index (Phi) is 4.38. The maximum absolute atomic E-state index is 12.8. The summed E-state index contributed by atoms with van der Waals surface area (Å²) in [6.45, 7) is 0.195. The van der Waals surface area contributed by atoms with Crippen LogP contribution in [0.4, 0.5) is 18.9 Å². The highest BCUT2D eigenvalue weighted by atomic mass is 19.4. The lowest BCUT2D eigenvalue weighted by molar-refractivity contribution is -0.137. The number of aliphatic hydroxyl groups excluding tert-OH is 1. The fourth-order valence-corrected chi connectivity index (χ4v) is 2.47. The number of hydrogen-bond acceptors (Lipinski definition) is 4. The third-order valence-corrected chi connectivity index (χ3v) is 3.58. The van der Waals surface area contributed by atoms with Gasteiger partial charge in [0.2, 0.25) is 0 Å². The van der Waals surface area contributed by atoms with E-state index < -0.39 is 17.6 Å². The molecule has 21 heavy (non-hydrogen) atoms. The van der Waals surface area contributed by atoms with Crippen molar-refractivity contribution < 1.29 is 23.1 Å². The van der Waals surface area contributed by atoms with Gasteiger partial charge in [0.05, 0.1) is 29.5 Å². The van der Waals surface area contributed by atoms with Gasteiger partial charge in [-0.2, -0.15) is 13.2 Å². The van der Waals surface area contributed by atoms with E-state index >= 15 is 0 Å². The normalized spacial score (nSPS) is 18.9. The van der Waals surface area contributed by atoms with Crippen LogP contribution in [-0.4, -0.2) is 35.1 Å².